The second kappa shape index (κ2) is 6.09. The number of thioether (sulfide) groups is 1. The summed E-state index contributed by atoms with van der Waals surface area (Å²) < 4.78 is 24.3. The zero-order valence-electron chi connectivity index (χ0n) is 14.5. The zero-order valence-corrected chi connectivity index (χ0v) is 16.1. The Kier molecular flexibility index (Phi) is 3.94. The number of amidine groups is 1. The number of nitrogens with zero attached hydrogens (tertiary/aromatic N) is 2. The Morgan fingerprint density at radius 3 is 2.58 bits per heavy atom. The van der Waals surface area contributed by atoms with E-state index in [0.717, 1.165) is 17.5 Å². The average Bonchev–Trinajstić information content (AvgIpc) is 3.35. The standard InChI is InChI=1S/C19H22N2O3S2/c22-18(13-4-2-1-3-5-13)20-19-21(15-9-12-6-7-14(15)8-12)16-10-26(23,24)11-17(16)25-19/h1-5,12,14-17H,6-11H2/t12-,14-,15-,16-,17+/m0/s1. The van der Waals surface area contributed by atoms with Gasteiger partial charge in [-0.2, -0.15) is 4.99 Å². The summed E-state index contributed by atoms with van der Waals surface area (Å²) >= 11 is 1.50. The number of benzene rings is 1. The van der Waals surface area contributed by atoms with Crippen molar-refractivity contribution in [1.82, 2.24) is 4.90 Å². The minimum atomic E-state index is -2.99. The van der Waals surface area contributed by atoms with E-state index in [1.54, 1.807) is 12.1 Å². The molecule has 2 aliphatic carbocycles. The van der Waals surface area contributed by atoms with Gasteiger partial charge < -0.3 is 4.90 Å². The quantitative estimate of drug-likeness (QED) is 0.776. The van der Waals surface area contributed by atoms with Crippen LogP contribution in [0.4, 0.5) is 0 Å². The second-order valence-electron chi connectivity index (χ2n) is 8.02. The van der Waals surface area contributed by atoms with E-state index in [2.05, 4.69) is 9.89 Å². The summed E-state index contributed by atoms with van der Waals surface area (Å²) in [7, 11) is -2.99. The maximum Gasteiger partial charge on any atom is 0.279 e. The minimum Gasteiger partial charge on any atom is -0.343 e. The van der Waals surface area contributed by atoms with Crippen LogP contribution in [-0.4, -0.2) is 53.2 Å². The number of carbonyl (C=O) groups is 1. The molecule has 2 heterocycles. The molecule has 0 N–H and O–H groups in total. The van der Waals surface area contributed by atoms with Crippen molar-refractivity contribution in [3.05, 3.63) is 35.9 Å². The van der Waals surface area contributed by atoms with E-state index >= 15 is 0 Å². The third kappa shape index (κ3) is 2.80. The molecule has 5 nitrogen and oxygen atoms in total. The lowest BCUT2D eigenvalue weighted by atomic mass is 9.93. The van der Waals surface area contributed by atoms with Crippen molar-refractivity contribution in [1.29, 1.82) is 0 Å². The summed E-state index contributed by atoms with van der Waals surface area (Å²) in [5.41, 5.74) is 0.582. The first-order valence-corrected chi connectivity index (χ1v) is 12.0. The Balaban J connectivity index is 1.48. The zero-order chi connectivity index (χ0) is 17.9. The molecule has 26 heavy (non-hydrogen) atoms. The van der Waals surface area contributed by atoms with Crippen LogP contribution in [0, 0.1) is 11.8 Å². The van der Waals surface area contributed by atoms with Gasteiger partial charge >= 0.3 is 0 Å². The SMILES string of the molecule is O=C(N=C1S[C@@H]2CS(=O)(=O)C[C@@H]2N1[C@H]1C[C@H]2CC[C@H]1C2)c1ccccc1. The van der Waals surface area contributed by atoms with Crippen LogP contribution in [0.25, 0.3) is 0 Å². The molecule has 2 saturated carbocycles. The molecule has 1 aromatic rings. The van der Waals surface area contributed by atoms with Crippen LogP contribution < -0.4 is 0 Å². The van der Waals surface area contributed by atoms with Crippen molar-refractivity contribution >= 4 is 32.7 Å². The van der Waals surface area contributed by atoms with Gasteiger partial charge in [0.2, 0.25) is 0 Å². The van der Waals surface area contributed by atoms with Crippen LogP contribution in [0.1, 0.15) is 36.0 Å². The Morgan fingerprint density at radius 1 is 1.08 bits per heavy atom. The van der Waals surface area contributed by atoms with E-state index in [0.29, 0.717) is 17.5 Å². The number of rotatable bonds is 2. The molecular formula is C19H22N2O3S2. The van der Waals surface area contributed by atoms with Crippen LogP contribution in [-0.2, 0) is 9.84 Å². The maximum atomic E-state index is 12.6. The third-order valence-electron chi connectivity index (χ3n) is 6.38. The Hall–Kier alpha value is -1.34. The van der Waals surface area contributed by atoms with Gasteiger partial charge in [-0.1, -0.05) is 36.4 Å². The molecule has 1 amide bonds. The summed E-state index contributed by atoms with van der Waals surface area (Å²) in [4.78, 5) is 19.3. The smallest absolute Gasteiger partial charge is 0.279 e. The lowest BCUT2D eigenvalue weighted by Gasteiger charge is -2.36. The number of fused-ring (bicyclic) bond motifs is 3. The van der Waals surface area contributed by atoms with Crippen molar-refractivity contribution in [2.45, 2.75) is 43.0 Å². The molecule has 4 fully saturated rings. The number of amides is 1. The van der Waals surface area contributed by atoms with Gasteiger partial charge in [-0.05, 0) is 43.2 Å². The molecule has 138 valence electrons. The van der Waals surface area contributed by atoms with Crippen LogP contribution in [0.3, 0.4) is 0 Å². The molecule has 2 saturated heterocycles. The van der Waals surface area contributed by atoms with Gasteiger partial charge in [0, 0.05) is 16.9 Å². The van der Waals surface area contributed by atoms with Gasteiger partial charge in [-0.25, -0.2) is 8.42 Å². The number of carbonyl (C=O) groups excluding carboxylic acids is 1. The predicted octanol–water partition coefficient (Wildman–Crippen LogP) is 2.59. The van der Waals surface area contributed by atoms with E-state index in [9.17, 15) is 13.2 Å². The van der Waals surface area contributed by atoms with E-state index in [1.807, 2.05) is 18.2 Å². The van der Waals surface area contributed by atoms with Gasteiger partial charge in [0.05, 0.1) is 17.5 Å². The molecule has 5 atom stereocenters. The summed E-state index contributed by atoms with van der Waals surface area (Å²) in [6.45, 7) is 0. The molecule has 0 spiro atoms. The fraction of sp³-hybridized carbons (Fsp3) is 0.579. The number of hydrogen-bond acceptors (Lipinski definition) is 4. The number of aliphatic imine (C=N–C) groups is 1. The molecule has 0 radical (unpaired) electrons. The lowest BCUT2D eigenvalue weighted by Crippen LogP contribution is -2.47. The van der Waals surface area contributed by atoms with Gasteiger partial charge in [-0.3, -0.25) is 4.79 Å². The highest BCUT2D eigenvalue weighted by Gasteiger charge is 2.54. The first-order valence-electron chi connectivity index (χ1n) is 9.34. The number of sulfone groups is 1. The molecule has 2 aliphatic heterocycles. The highest BCUT2D eigenvalue weighted by Crippen LogP contribution is 2.51. The third-order valence-corrected chi connectivity index (χ3v) is 9.61. The van der Waals surface area contributed by atoms with E-state index in [1.165, 1.54) is 31.0 Å². The van der Waals surface area contributed by atoms with Crippen LogP contribution in [0.2, 0.25) is 0 Å². The van der Waals surface area contributed by atoms with E-state index in [4.69, 9.17) is 0 Å². The minimum absolute atomic E-state index is 0.0152. The van der Waals surface area contributed by atoms with Crippen molar-refractivity contribution in [2.24, 2.45) is 16.8 Å². The van der Waals surface area contributed by atoms with Crippen LogP contribution in [0.5, 0.6) is 0 Å². The fourth-order valence-corrected chi connectivity index (χ4v) is 9.23. The van der Waals surface area contributed by atoms with Gasteiger partial charge in [-0.15, -0.1) is 0 Å². The summed E-state index contributed by atoms with van der Waals surface area (Å²) in [5.74, 6) is 1.57. The molecule has 1 aromatic carbocycles. The van der Waals surface area contributed by atoms with E-state index in [-0.39, 0.29) is 28.7 Å². The monoisotopic (exact) mass is 390 g/mol. The molecule has 7 heteroatoms. The molecule has 0 unspecified atom stereocenters. The summed E-state index contributed by atoms with van der Waals surface area (Å²) in [6, 6.07) is 9.45. The van der Waals surface area contributed by atoms with Gasteiger partial charge in [0.25, 0.3) is 5.91 Å². The molecule has 2 bridgehead atoms. The molecule has 4 aliphatic rings. The van der Waals surface area contributed by atoms with Crippen molar-refractivity contribution in [3.8, 4) is 0 Å². The average molecular weight is 391 g/mol. The Labute approximate surface area is 158 Å². The fourth-order valence-electron chi connectivity index (χ4n) is 5.26. The molecule has 5 rings (SSSR count). The summed E-state index contributed by atoms with van der Waals surface area (Å²) in [6.07, 6.45) is 4.88. The lowest BCUT2D eigenvalue weighted by molar-refractivity contribution is 0.0999. The first-order chi connectivity index (χ1) is 12.5. The van der Waals surface area contributed by atoms with Crippen molar-refractivity contribution in [2.75, 3.05) is 11.5 Å². The highest BCUT2D eigenvalue weighted by atomic mass is 32.2. The number of hydrogen-bond donors (Lipinski definition) is 0. The second-order valence-corrected chi connectivity index (χ2v) is 11.4. The topological polar surface area (TPSA) is 66.8 Å². The predicted molar refractivity (Wildman–Crippen MR) is 103 cm³/mol. The van der Waals surface area contributed by atoms with Crippen LogP contribution in [0.15, 0.2) is 35.3 Å². The van der Waals surface area contributed by atoms with Crippen molar-refractivity contribution < 1.29 is 13.2 Å². The van der Waals surface area contributed by atoms with Crippen molar-refractivity contribution in [3.63, 3.8) is 0 Å². The largest absolute Gasteiger partial charge is 0.343 e. The molecule has 0 aromatic heterocycles. The summed E-state index contributed by atoms with van der Waals surface area (Å²) in [5, 5.41) is 0.766. The van der Waals surface area contributed by atoms with Crippen LogP contribution >= 0.6 is 11.8 Å². The Bertz CT molecular complexity index is 868. The highest BCUT2D eigenvalue weighted by molar-refractivity contribution is 8.15. The first kappa shape index (κ1) is 16.8. The van der Waals surface area contributed by atoms with Gasteiger partial charge in [0.15, 0.2) is 15.0 Å². The van der Waals surface area contributed by atoms with Gasteiger partial charge in [0.1, 0.15) is 0 Å². The molecular weight excluding hydrogens is 368 g/mol. The maximum absolute atomic E-state index is 12.6. The van der Waals surface area contributed by atoms with E-state index < -0.39 is 9.84 Å². The Morgan fingerprint density at radius 2 is 1.88 bits per heavy atom. The normalized spacial score (nSPS) is 38.8.